The van der Waals surface area contributed by atoms with Gasteiger partial charge in [-0.25, -0.2) is 9.98 Å². The molecular formula is C14H23IN4O. The number of rotatable bonds is 4. The third-order valence-corrected chi connectivity index (χ3v) is 3.16. The summed E-state index contributed by atoms with van der Waals surface area (Å²) in [6.07, 6.45) is 4.33. The number of pyridine rings is 1. The van der Waals surface area contributed by atoms with E-state index in [0.29, 0.717) is 12.4 Å². The van der Waals surface area contributed by atoms with Crippen LogP contribution in [0.1, 0.15) is 25.3 Å². The van der Waals surface area contributed by atoms with Crippen molar-refractivity contribution in [3.63, 3.8) is 0 Å². The number of likely N-dealkylation sites (tertiary alicyclic amines) is 1. The Balaban J connectivity index is 0.00000200. The molecule has 0 radical (unpaired) electrons. The molecule has 1 saturated heterocycles. The second kappa shape index (κ2) is 8.99. The van der Waals surface area contributed by atoms with E-state index < -0.39 is 0 Å². The molecular weight excluding hydrogens is 367 g/mol. The molecule has 1 aromatic rings. The minimum Gasteiger partial charge on any atom is -0.481 e. The van der Waals surface area contributed by atoms with Gasteiger partial charge in [0.05, 0.1) is 13.7 Å². The monoisotopic (exact) mass is 390 g/mol. The van der Waals surface area contributed by atoms with Crippen LogP contribution in [0.25, 0.3) is 0 Å². The highest BCUT2D eigenvalue weighted by atomic mass is 127. The number of hydrogen-bond donors (Lipinski definition) is 1. The molecule has 2 rings (SSSR count). The van der Waals surface area contributed by atoms with E-state index in [2.05, 4.69) is 27.1 Å². The summed E-state index contributed by atoms with van der Waals surface area (Å²) in [5, 5.41) is 3.35. The van der Waals surface area contributed by atoms with Crippen LogP contribution in [-0.4, -0.2) is 42.6 Å². The summed E-state index contributed by atoms with van der Waals surface area (Å²) in [6, 6.07) is 3.87. The quantitative estimate of drug-likeness (QED) is 0.487. The summed E-state index contributed by atoms with van der Waals surface area (Å²) >= 11 is 0. The van der Waals surface area contributed by atoms with Crippen molar-refractivity contribution in [1.29, 1.82) is 0 Å². The Morgan fingerprint density at radius 3 is 2.70 bits per heavy atom. The molecule has 0 atom stereocenters. The topological polar surface area (TPSA) is 49.8 Å². The maximum Gasteiger partial charge on any atom is 0.212 e. The molecule has 0 amide bonds. The number of nitrogens with one attached hydrogen (secondary N) is 1. The van der Waals surface area contributed by atoms with E-state index >= 15 is 0 Å². The van der Waals surface area contributed by atoms with Crippen LogP contribution in [0.15, 0.2) is 23.3 Å². The SMILES string of the molecule is CCNC(=NCc1ccc(OC)nc1)N1CCCC1.I. The van der Waals surface area contributed by atoms with Crippen molar-refractivity contribution in [3.05, 3.63) is 23.9 Å². The smallest absolute Gasteiger partial charge is 0.212 e. The number of methoxy groups -OCH3 is 1. The van der Waals surface area contributed by atoms with Crippen LogP contribution in [0.4, 0.5) is 0 Å². The first kappa shape index (κ1) is 17.0. The summed E-state index contributed by atoms with van der Waals surface area (Å²) in [5.41, 5.74) is 1.09. The van der Waals surface area contributed by atoms with Crippen LogP contribution in [-0.2, 0) is 6.54 Å². The first-order chi connectivity index (χ1) is 9.33. The van der Waals surface area contributed by atoms with Crippen LogP contribution in [0.3, 0.4) is 0 Å². The van der Waals surface area contributed by atoms with E-state index in [9.17, 15) is 0 Å². The number of halogens is 1. The van der Waals surface area contributed by atoms with Crippen molar-refractivity contribution in [2.24, 2.45) is 4.99 Å². The van der Waals surface area contributed by atoms with Crippen LogP contribution in [0, 0.1) is 0 Å². The molecule has 1 fully saturated rings. The first-order valence-corrected chi connectivity index (χ1v) is 6.85. The second-order valence-electron chi connectivity index (χ2n) is 4.57. The molecule has 0 bridgehead atoms. The van der Waals surface area contributed by atoms with Gasteiger partial charge in [-0.1, -0.05) is 6.07 Å². The van der Waals surface area contributed by atoms with Crippen LogP contribution >= 0.6 is 24.0 Å². The zero-order valence-electron chi connectivity index (χ0n) is 12.1. The average Bonchev–Trinajstić information content (AvgIpc) is 2.98. The number of aromatic nitrogens is 1. The van der Waals surface area contributed by atoms with E-state index in [0.717, 1.165) is 31.2 Å². The molecule has 0 aliphatic carbocycles. The predicted molar refractivity (Wildman–Crippen MR) is 91.8 cm³/mol. The minimum atomic E-state index is 0. The second-order valence-corrected chi connectivity index (χ2v) is 4.57. The third kappa shape index (κ3) is 4.81. The van der Waals surface area contributed by atoms with Gasteiger partial charge in [0.25, 0.3) is 0 Å². The van der Waals surface area contributed by atoms with E-state index in [-0.39, 0.29) is 24.0 Å². The van der Waals surface area contributed by atoms with Gasteiger partial charge in [0, 0.05) is 31.9 Å². The van der Waals surface area contributed by atoms with Gasteiger partial charge in [0.2, 0.25) is 5.88 Å². The molecule has 1 aromatic heterocycles. The molecule has 20 heavy (non-hydrogen) atoms. The molecule has 0 unspecified atom stereocenters. The van der Waals surface area contributed by atoms with Crippen LogP contribution < -0.4 is 10.1 Å². The van der Waals surface area contributed by atoms with Crippen molar-refractivity contribution in [2.75, 3.05) is 26.7 Å². The number of guanidine groups is 1. The fourth-order valence-electron chi connectivity index (χ4n) is 2.15. The van der Waals surface area contributed by atoms with Crippen molar-refractivity contribution < 1.29 is 4.74 Å². The Kier molecular flexibility index (Phi) is 7.64. The summed E-state index contributed by atoms with van der Waals surface area (Å²) < 4.78 is 5.05. The number of ether oxygens (including phenoxy) is 1. The number of nitrogens with zero attached hydrogens (tertiary/aromatic N) is 3. The fourth-order valence-corrected chi connectivity index (χ4v) is 2.15. The van der Waals surface area contributed by atoms with Gasteiger partial charge < -0.3 is 15.0 Å². The highest BCUT2D eigenvalue weighted by Gasteiger charge is 2.15. The molecule has 6 heteroatoms. The predicted octanol–water partition coefficient (Wildman–Crippen LogP) is 2.27. The van der Waals surface area contributed by atoms with Gasteiger partial charge in [-0.2, -0.15) is 0 Å². The van der Waals surface area contributed by atoms with Crippen molar-refractivity contribution >= 4 is 29.9 Å². The van der Waals surface area contributed by atoms with Crippen LogP contribution in [0.5, 0.6) is 5.88 Å². The molecule has 0 aromatic carbocycles. The van der Waals surface area contributed by atoms with E-state index in [1.54, 1.807) is 7.11 Å². The Hall–Kier alpha value is -1.05. The maximum atomic E-state index is 5.05. The van der Waals surface area contributed by atoms with Gasteiger partial charge in [-0.15, -0.1) is 24.0 Å². The Bertz CT molecular complexity index is 416. The third-order valence-electron chi connectivity index (χ3n) is 3.16. The molecule has 2 heterocycles. The van der Waals surface area contributed by atoms with Gasteiger partial charge >= 0.3 is 0 Å². The van der Waals surface area contributed by atoms with E-state index in [1.807, 2.05) is 18.3 Å². The fraction of sp³-hybridized carbons (Fsp3) is 0.571. The van der Waals surface area contributed by atoms with Gasteiger partial charge in [-0.3, -0.25) is 0 Å². The Labute approximate surface area is 137 Å². The zero-order chi connectivity index (χ0) is 13.5. The van der Waals surface area contributed by atoms with Crippen molar-refractivity contribution in [1.82, 2.24) is 15.2 Å². The highest BCUT2D eigenvalue weighted by molar-refractivity contribution is 14.0. The summed E-state index contributed by atoms with van der Waals surface area (Å²) in [4.78, 5) is 11.2. The molecule has 1 aliphatic heterocycles. The molecule has 0 saturated carbocycles. The van der Waals surface area contributed by atoms with Crippen molar-refractivity contribution in [2.45, 2.75) is 26.3 Å². The highest BCUT2D eigenvalue weighted by Crippen LogP contribution is 2.10. The average molecular weight is 390 g/mol. The van der Waals surface area contributed by atoms with Crippen LogP contribution in [0.2, 0.25) is 0 Å². The molecule has 1 N–H and O–H groups in total. The van der Waals surface area contributed by atoms with Crippen molar-refractivity contribution in [3.8, 4) is 5.88 Å². The van der Waals surface area contributed by atoms with Gasteiger partial charge in [0.1, 0.15) is 0 Å². The number of hydrogen-bond acceptors (Lipinski definition) is 3. The number of aliphatic imine (C=N–C) groups is 1. The molecule has 112 valence electrons. The summed E-state index contributed by atoms with van der Waals surface area (Å²) in [7, 11) is 1.62. The van der Waals surface area contributed by atoms with Gasteiger partial charge in [-0.05, 0) is 25.3 Å². The largest absolute Gasteiger partial charge is 0.481 e. The molecule has 1 aliphatic rings. The van der Waals surface area contributed by atoms with Gasteiger partial charge in [0.15, 0.2) is 5.96 Å². The van der Waals surface area contributed by atoms with E-state index in [1.165, 1.54) is 12.8 Å². The standard InChI is InChI=1S/C14H22N4O.HI/c1-3-15-14(18-8-4-5-9-18)17-11-12-6-7-13(19-2)16-10-12;/h6-7,10H,3-5,8-9,11H2,1-2H3,(H,15,17);1H. The van der Waals surface area contributed by atoms with E-state index in [4.69, 9.17) is 4.74 Å². The lowest BCUT2D eigenvalue weighted by Crippen LogP contribution is -2.39. The Morgan fingerprint density at radius 2 is 2.15 bits per heavy atom. The minimum absolute atomic E-state index is 0. The Morgan fingerprint density at radius 1 is 1.40 bits per heavy atom. The lowest BCUT2D eigenvalue weighted by Gasteiger charge is -2.20. The summed E-state index contributed by atoms with van der Waals surface area (Å²) in [6.45, 7) is 5.85. The normalized spacial score (nSPS) is 14.9. The summed E-state index contributed by atoms with van der Waals surface area (Å²) in [5.74, 6) is 1.65. The first-order valence-electron chi connectivity index (χ1n) is 6.85. The molecule has 5 nitrogen and oxygen atoms in total. The zero-order valence-corrected chi connectivity index (χ0v) is 14.5. The maximum absolute atomic E-state index is 5.05. The lowest BCUT2D eigenvalue weighted by atomic mass is 10.3. The lowest BCUT2D eigenvalue weighted by molar-refractivity contribution is 0.397. The molecule has 0 spiro atoms.